The SMILES string of the molecule is COC(=O)C1=C(C(=O)c2ccc(C)cc2)[C@@H](c2ccc(C)cc2)n2nnnc2N1. The van der Waals surface area contributed by atoms with Crippen molar-refractivity contribution in [3.05, 3.63) is 82.1 Å². The summed E-state index contributed by atoms with van der Waals surface area (Å²) in [4.78, 5) is 26.1. The Kier molecular flexibility index (Phi) is 4.67. The third-order valence-corrected chi connectivity index (χ3v) is 4.86. The van der Waals surface area contributed by atoms with Gasteiger partial charge in [-0.15, -0.1) is 0 Å². The summed E-state index contributed by atoms with van der Waals surface area (Å²) in [5, 5.41) is 14.6. The molecule has 0 fully saturated rings. The molecule has 1 N–H and O–H groups in total. The zero-order valence-electron chi connectivity index (χ0n) is 16.2. The average Bonchev–Trinajstić information content (AvgIpc) is 3.21. The van der Waals surface area contributed by atoms with Crippen molar-refractivity contribution in [2.24, 2.45) is 0 Å². The highest BCUT2D eigenvalue weighted by Gasteiger charge is 2.38. The first-order valence-corrected chi connectivity index (χ1v) is 9.05. The maximum absolute atomic E-state index is 13.5. The van der Waals surface area contributed by atoms with Crippen molar-refractivity contribution in [1.82, 2.24) is 20.2 Å². The third-order valence-electron chi connectivity index (χ3n) is 4.86. The number of carbonyl (C=O) groups excluding carboxylic acids is 2. The Labute approximate surface area is 167 Å². The van der Waals surface area contributed by atoms with E-state index in [0.717, 1.165) is 16.7 Å². The maximum atomic E-state index is 13.5. The van der Waals surface area contributed by atoms with Gasteiger partial charge in [0.1, 0.15) is 11.7 Å². The van der Waals surface area contributed by atoms with Gasteiger partial charge in [0.2, 0.25) is 5.95 Å². The van der Waals surface area contributed by atoms with Gasteiger partial charge in [0.15, 0.2) is 5.78 Å². The second-order valence-electron chi connectivity index (χ2n) is 6.86. The number of tetrazole rings is 1. The lowest BCUT2D eigenvalue weighted by atomic mass is 9.89. The van der Waals surface area contributed by atoms with Crippen LogP contribution in [0.1, 0.15) is 33.1 Å². The highest BCUT2D eigenvalue weighted by molar-refractivity contribution is 6.14. The zero-order chi connectivity index (χ0) is 20.5. The molecule has 0 unspecified atom stereocenters. The topological polar surface area (TPSA) is 99.0 Å². The number of hydrogen-bond donors (Lipinski definition) is 1. The summed E-state index contributed by atoms with van der Waals surface area (Å²) in [6.07, 6.45) is 0. The normalized spacial score (nSPS) is 15.5. The van der Waals surface area contributed by atoms with E-state index in [1.807, 2.05) is 50.2 Å². The number of ketones is 1. The van der Waals surface area contributed by atoms with Gasteiger partial charge < -0.3 is 10.1 Å². The van der Waals surface area contributed by atoms with Gasteiger partial charge in [-0.2, -0.15) is 4.68 Å². The van der Waals surface area contributed by atoms with Crippen molar-refractivity contribution >= 4 is 17.7 Å². The highest BCUT2D eigenvalue weighted by atomic mass is 16.5. The van der Waals surface area contributed by atoms with Gasteiger partial charge in [0, 0.05) is 5.56 Å². The van der Waals surface area contributed by atoms with Crippen molar-refractivity contribution in [2.45, 2.75) is 19.9 Å². The van der Waals surface area contributed by atoms with Crippen LogP contribution in [0.15, 0.2) is 59.8 Å². The van der Waals surface area contributed by atoms with Crippen LogP contribution in [0.2, 0.25) is 0 Å². The molecule has 146 valence electrons. The predicted molar refractivity (Wildman–Crippen MR) is 105 cm³/mol. The summed E-state index contributed by atoms with van der Waals surface area (Å²) < 4.78 is 6.43. The van der Waals surface area contributed by atoms with Gasteiger partial charge in [-0.05, 0) is 29.8 Å². The molecule has 8 nitrogen and oxygen atoms in total. The van der Waals surface area contributed by atoms with E-state index in [4.69, 9.17) is 4.74 Å². The lowest BCUT2D eigenvalue weighted by Crippen LogP contribution is -2.32. The molecule has 0 aliphatic carbocycles. The minimum atomic E-state index is -0.676. The minimum Gasteiger partial charge on any atom is -0.464 e. The number of aromatic nitrogens is 4. The lowest BCUT2D eigenvalue weighted by Gasteiger charge is -2.28. The number of rotatable bonds is 4. The summed E-state index contributed by atoms with van der Waals surface area (Å²) in [7, 11) is 1.27. The number of benzene rings is 2. The fourth-order valence-electron chi connectivity index (χ4n) is 3.31. The molecule has 8 heteroatoms. The number of aryl methyl sites for hydroxylation is 2. The highest BCUT2D eigenvalue weighted by Crippen LogP contribution is 2.36. The molecule has 1 atom stereocenters. The molecule has 0 bridgehead atoms. The summed E-state index contributed by atoms with van der Waals surface area (Å²) in [5.74, 6) is -0.701. The molecule has 0 spiro atoms. The smallest absolute Gasteiger partial charge is 0.355 e. The number of esters is 1. The molecule has 0 amide bonds. The Morgan fingerprint density at radius 3 is 2.24 bits per heavy atom. The molecule has 29 heavy (non-hydrogen) atoms. The Hall–Kier alpha value is -3.81. The van der Waals surface area contributed by atoms with Gasteiger partial charge in [-0.1, -0.05) is 64.8 Å². The van der Waals surface area contributed by atoms with E-state index in [1.165, 1.54) is 11.8 Å². The van der Waals surface area contributed by atoms with Crippen molar-refractivity contribution in [3.63, 3.8) is 0 Å². The molecule has 1 aliphatic rings. The summed E-state index contributed by atoms with van der Waals surface area (Å²) in [5.41, 5.74) is 3.60. The zero-order valence-corrected chi connectivity index (χ0v) is 16.2. The maximum Gasteiger partial charge on any atom is 0.355 e. The quantitative estimate of drug-likeness (QED) is 0.541. The van der Waals surface area contributed by atoms with E-state index in [9.17, 15) is 9.59 Å². The van der Waals surface area contributed by atoms with E-state index in [0.29, 0.717) is 5.56 Å². The Morgan fingerprint density at radius 1 is 1.00 bits per heavy atom. The number of Topliss-reactive ketones (excluding diaryl/α,β-unsaturated/α-hetero) is 1. The summed E-state index contributed by atoms with van der Waals surface area (Å²) >= 11 is 0. The Morgan fingerprint density at radius 2 is 1.62 bits per heavy atom. The number of nitrogens with zero attached hydrogens (tertiary/aromatic N) is 4. The van der Waals surface area contributed by atoms with E-state index in [2.05, 4.69) is 20.8 Å². The number of hydrogen-bond acceptors (Lipinski definition) is 7. The molecule has 1 aromatic heterocycles. The standard InChI is InChI=1S/C21H19N5O3/c1-12-4-8-14(9-5-12)18-16(19(27)15-10-6-13(2)7-11-15)17(20(28)29-3)22-21-23-24-25-26(18)21/h4-11,18H,1-3H3,(H,22,23,25)/t18-/m1/s1. The first-order chi connectivity index (χ1) is 14.0. The van der Waals surface area contributed by atoms with E-state index in [-0.39, 0.29) is 23.0 Å². The van der Waals surface area contributed by atoms with Crippen LogP contribution in [-0.4, -0.2) is 39.1 Å². The van der Waals surface area contributed by atoms with Crippen LogP contribution in [0.3, 0.4) is 0 Å². The number of fused-ring (bicyclic) bond motifs is 1. The number of allylic oxidation sites excluding steroid dienone is 1. The van der Waals surface area contributed by atoms with Crippen LogP contribution in [0.5, 0.6) is 0 Å². The van der Waals surface area contributed by atoms with Crippen LogP contribution >= 0.6 is 0 Å². The number of anilines is 1. The van der Waals surface area contributed by atoms with Crippen LogP contribution in [0.4, 0.5) is 5.95 Å². The van der Waals surface area contributed by atoms with E-state index in [1.54, 1.807) is 12.1 Å². The van der Waals surface area contributed by atoms with Crippen LogP contribution in [-0.2, 0) is 9.53 Å². The summed E-state index contributed by atoms with van der Waals surface area (Å²) in [6.45, 7) is 3.92. The fourth-order valence-corrected chi connectivity index (χ4v) is 3.31. The Bertz CT molecular complexity index is 1110. The van der Waals surface area contributed by atoms with Crippen LogP contribution in [0.25, 0.3) is 0 Å². The average molecular weight is 389 g/mol. The first-order valence-electron chi connectivity index (χ1n) is 9.05. The minimum absolute atomic E-state index is 0.0333. The predicted octanol–water partition coefficient (Wildman–Crippen LogP) is 2.61. The van der Waals surface area contributed by atoms with E-state index < -0.39 is 12.0 Å². The molecule has 2 aromatic carbocycles. The largest absolute Gasteiger partial charge is 0.464 e. The molecular weight excluding hydrogens is 370 g/mol. The Balaban J connectivity index is 1.94. The van der Waals surface area contributed by atoms with Gasteiger partial charge in [0.05, 0.1) is 12.7 Å². The van der Waals surface area contributed by atoms with Crippen molar-refractivity contribution in [3.8, 4) is 0 Å². The summed E-state index contributed by atoms with van der Waals surface area (Å²) in [6, 6.07) is 14.2. The van der Waals surface area contributed by atoms with Crippen molar-refractivity contribution in [2.75, 3.05) is 12.4 Å². The number of carbonyl (C=O) groups is 2. The first kappa shape index (κ1) is 18.5. The van der Waals surface area contributed by atoms with Crippen LogP contribution in [0, 0.1) is 13.8 Å². The molecule has 0 saturated carbocycles. The van der Waals surface area contributed by atoms with Crippen LogP contribution < -0.4 is 5.32 Å². The van der Waals surface area contributed by atoms with Crippen molar-refractivity contribution < 1.29 is 14.3 Å². The molecule has 0 saturated heterocycles. The number of nitrogens with one attached hydrogen (secondary N) is 1. The molecule has 2 heterocycles. The molecular formula is C21H19N5O3. The van der Waals surface area contributed by atoms with Crippen molar-refractivity contribution in [1.29, 1.82) is 0 Å². The lowest BCUT2D eigenvalue weighted by molar-refractivity contribution is -0.136. The number of methoxy groups -OCH3 is 1. The van der Waals surface area contributed by atoms with Gasteiger partial charge in [0.25, 0.3) is 0 Å². The molecule has 4 rings (SSSR count). The second kappa shape index (κ2) is 7.31. The van der Waals surface area contributed by atoms with Gasteiger partial charge >= 0.3 is 5.97 Å². The van der Waals surface area contributed by atoms with Gasteiger partial charge in [-0.25, -0.2) is 4.79 Å². The van der Waals surface area contributed by atoms with Gasteiger partial charge in [-0.3, -0.25) is 4.79 Å². The second-order valence-corrected chi connectivity index (χ2v) is 6.86. The fraction of sp³-hybridized carbons (Fsp3) is 0.190. The number of ether oxygens (including phenoxy) is 1. The third kappa shape index (κ3) is 3.29. The van der Waals surface area contributed by atoms with E-state index >= 15 is 0 Å². The molecule has 0 radical (unpaired) electrons. The monoisotopic (exact) mass is 389 g/mol. The molecule has 3 aromatic rings. The molecule has 1 aliphatic heterocycles.